The molecule has 0 amide bonds. The number of rotatable bonds is 4. The fourth-order valence-electron chi connectivity index (χ4n) is 1.35. The zero-order valence-electron chi connectivity index (χ0n) is 9.31. The Kier molecular flexibility index (Phi) is 3.98. The molecule has 2 rings (SSSR count). The van der Waals surface area contributed by atoms with Crippen LogP contribution in [0.3, 0.4) is 0 Å². The van der Waals surface area contributed by atoms with Crippen LogP contribution in [0, 0.1) is 0 Å². The summed E-state index contributed by atoms with van der Waals surface area (Å²) in [5, 5.41) is 5.23. The summed E-state index contributed by atoms with van der Waals surface area (Å²) >= 11 is 3.38. The van der Waals surface area contributed by atoms with Crippen LogP contribution in [0.4, 0.5) is 0 Å². The average Bonchev–Trinajstić information content (AvgIpc) is 2.82. The number of hydrogen-bond donors (Lipinski definition) is 1. The van der Waals surface area contributed by atoms with Crippen LogP contribution < -0.4 is 5.32 Å². The number of benzene rings is 1. The van der Waals surface area contributed by atoms with Crippen LogP contribution in [0.5, 0.6) is 0 Å². The molecule has 2 aromatic rings. The van der Waals surface area contributed by atoms with E-state index in [1.807, 2.05) is 18.6 Å². The maximum atomic E-state index is 4.25. The highest BCUT2D eigenvalue weighted by Crippen LogP contribution is 2.29. The first-order chi connectivity index (χ1) is 7.79. The lowest BCUT2D eigenvalue weighted by atomic mass is 10.1. The van der Waals surface area contributed by atoms with Crippen molar-refractivity contribution in [2.75, 3.05) is 7.05 Å². The molecule has 1 heterocycles. The van der Waals surface area contributed by atoms with E-state index in [1.54, 1.807) is 23.1 Å². The van der Waals surface area contributed by atoms with Gasteiger partial charge in [-0.05, 0) is 31.7 Å². The summed E-state index contributed by atoms with van der Waals surface area (Å²) in [5.41, 5.74) is 1.31. The highest BCUT2D eigenvalue weighted by Gasteiger charge is 2.03. The number of aromatic nitrogens is 1. The summed E-state index contributed by atoms with van der Waals surface area (Å²) in [6, 6.07) is 9.03. The van der Waals surface area contributed by atoms with Gasteiger partial charge in [-0.1, -0.05) is 23.9 Å². The van der Waals surface area contributed by atoms with Crippen molar-refractivity contribution in [2.24, 2.45) is 0 Å². The molecule has 4 heteroatoms. The van der Waals surface area contributed by atoms with Crippen molar-refractivity contribution >= 4 is 23.1 Å². The fraction of sp³-hybridized carbons (Fsp3) is 0.250. The molecule has 1 aromatic heterocycles. The molecule has 0 saturated heterocycles. The van der Waals surface area contributed by atoms with Gasteiger partial charge in [-0.15, -0.1) is 11.3 Å². The van der Waals surface area contributed by atoms with Gasteiger partial charge in [-0.25, -0.2) is 4.98 Å². The van der Waals surface area contributed by atoms with Gasteiger partial charge in [0.15, 0.2) is 4.34 Å². The minimum absolute atomic E-state index is 0.402. The van der Waals surface area contributed by atoms with Gasteiger partial charge < -0.3 is 5.32 Å². The summed E-state index contributed by atoms with van der Waals surface area (Å²) in [5.74, 6) is 0. The van der Waals surface area contributed by atoms with Gasteiger partial charge in [0.25, 0.3) is 0 Å². The first-order valence-electron chi connectivity index (χ1n) is 5.14. The Hall–Kier alpha value is -0.840. The van der Waals surface area contributed by atoms with Gasteiger partial charge in [0, 0.05) is 22.5 Å². The highest BCUT2D eigenvalue weighted by atomic mass is 32.2. The fourth-order valence-corrected chi connectivity index (χ4v) is 2.95. The molecule has 16 heavy (non-hydrogen) atoms. The van der Waals surface area contributed by atoms with E-state index in [1.165, 1.54) is 10.5 Å². The number of nitrogens with zero attached hydrogens (tertiary/aromatic N) is 1. The minimum Gasteiger partial charge on any atom is -0.313 e. The second-order valence-corrected chi connectivity index (χ2v) is 5.69. The third kappa shape index (κ3) is 2.84. The maximum Gasteiger partial charge on any atom is 0.154 e. The molecule has 0 radical (unpaired) electrons. The predicted molar refractivity (Wildman–Crippen MR) is 70.2 cm³/mol. The van der Waals surface area contributed by atoms with Crippen LogP contribution in [0.25, 0.3) is 0 Å². The van der Waals surface area contributed by atoms with E-state index in [9.17, 15) is 0 Å². The van der Waals surface area contributed by atoms with Crippen LogP contribution in [0.1, 0.15) is 18.5 Å². The topological polar surface area (TPSA) is 24.9 Å². The molecule has 84 valence electrons. The molecule has 0 aliphatic rings. The number of thiazole rings is 1. The van der Waals surface area contributed by atoms with Crippen LogP contribution in [0.2, 0.25) is 0 Å². The molecular weight excluding hydrogens is 236 g/mol. The maximum absolute atomic E-state index is 4.25. The molecule has 2 nitrogen and oxygen atoms in total. The molecule has 0 aliphatic carbocycles. The molecule has 0 spiro atoms. The van der Waals surface area contributed by atoms with Crippen LogP contribution in [-0.2, 0) is 0 Å². The summed E-state index contributed by atoms with van der Waals surface area (Å²) in [4.78, 5) is 5.49. The Morgan fingerprint density at radius 1 is 1.31 bits per heavy atom. The summed E-state index contributed by atoms with van der Waals surface area (Å²) < 4.78 is 1.09. The van der Waals surface area contributed by atoms with Crippen molar-refractivity contribution < 1.29 is 0 Å². The van der Waals surface area contributed by atoms with E-state index in [0.29, 0.717) is 6.04 Å². The summed E-state index contributed by atoms with van der Waals surface area (Å²) in [6.07, 6.45) is 1.84. The Morgan fingerprint density at radius 3 is 2.62 bits per heavy atom. The van der Waals surface area contributed by atoms with Crippen LogP contribution >= 0.6 is 23.1 Å². The molecule has 0 saturated carbocycles. The van der Waals surface area contributed by atoms with Crippen molar-refractivity contribution in [3.05, 3.63) is 41.4 Å². The van der Waals surface area contributed by atoms with Gasteiger partial charge in [-0.2, -0.15) is 0 Å². The van der Waals surface area contributed by atoms with Gasteiger partial charge in [0.1, 0.15) is 0 Å². The molecule has 1 atom stereocenters. The van der Waals surface area contributed by atoms with Crippen molar-refractivity contribution in [1.82, 2.24) is 10.3 Å². The first-order valence-corrected chi connectivity index (χ1v) is 6.84. The Balaban J connectivity index is 2.07. The molecule has 0 bridgehead atoms. The largest absolute Gasteiger partial charge is 0.313 e. The van der Waals surface area contributed by atoms with Crippen molar-refractivity contribution in [3.8, 4) is 0 Å². The lowest BCUT2D eigenvalue weighted by molar-refractivity contribution is 0.652. The van der Waals surface area contributed by atoms with Gasteiger partial charge in [0.05, 0.1) is 0 Å². The van der Waals surface area contributed by atoms with Crippen molar-refractivity contribution in [2.45, 2.75) is 22.2 Å². The predicted octanol–water partition coefficient (Wildman–Crippen LogP) is 3.57. The molecule has 0 aliphatic heterocycles. The highest BCUT2D eigenvalue weighted by molar-refractivity contribution is 8.01. The standard InChI is InChI=1S/C12H14N2S2/c1-9(13-2)10-3-5-11(6-4-10)16-12-14-7-8-15-12/h3-9,13H,1-2H3. The van der Waals surface area contributed by atoms with Gasteiger partial charge in [0.2, 0.25) is 0 Å². The molecular formula is C12H14N2S2. The van der Waals surface area contributed by atoms with Crippen molar-refractivity contribution in [3.63, 3.8) is 0 Å². The quantitative estimate of drug-likeness (QED) is 0.898. The number of hydrogen-bond acceptors (Lipinski definition) is 4. The number of nitrogens with one attached hydrogen (secondary N) is 1. The monoisotopic (exact) mass is 250 g/mol. The third-order valence-corrected chi connectivity index (χ3v) is 4.32. The van der Waals surface area contributed by atoms with Crippen LogP contribution in [-0.4, -0.2) is 12.0 Å². The van der Waals surface area contributed by atoms with E-state index in [-0.39, 0.29) is 0 Å². The lowest BCUT2D eigenvalue weighted by Crippen LogP contribution is -2.11. The smallest absolute Gasteiger partial charge is 0.154 e. The average molecular weight is 250 g/mol. The summed E-state index contributed by atoms with van der Waals surface area (Å²) in [6.45, 7) is 2.16. The van der Waals surface area contributed by atoms with E-state index < -0.39 is 0 Å². The van der Waals surface area contributed by atoms with Gasteiger partial charge >= 0.3 is 0 Å². The van der Waals surface area contributed by atoms with E-state index >= 15 is 0 Å². The molecule has 1 aromatic carbocycles. The van der Waals surface area contributed by atoms with Crippen LogP contribution in [0.15, 0.2) is 45.1 Å². The second kappa shape index (κ2) is 5.48. The van der Waals surface area contributed by atoms with Crippen molar-refractivity contribution in [1.29, 1.82) is 0 Å². The molecule has 1 unspecified atom stereocenters. The minimum atomic E-state index is 0.402. The SMILES string of the molecule is CNC(C)c1ccc(Sc2nccs2)cc1. The Bertz CT molecular complexity index is 423. The van der Waals surface area contributed by atoms with Gasteiger partial charge in [-0.3, -0.25) is 0 Å². The molecule has 1 N–H and O–H groups in total. The normalized spacial score (nSPS) is 12.6. The Labute approximate surface area is 104 Å². The zero-order chi connectivity index (χ0) is 11.4. The van der Waals surface area contributed by atoms with E-state index in [2.05, 4.69) is 41.5 Å². The second-order valence-electron chi connectivity index (χ2n) is 3.48. The van der Waals surface area contributed by atoms with E-state index in [0.717, 1.165) is 4.34 Å². The first kappa shape index (κ1) is 11.6. The summed E-state index contributed by atoms with van der Waals surface area (Å²) in [7, 11) is 1.98. The zero-order valence-corrected chi connectivity index (χ0v) is 10.9. The third-order valence-electron chi connectivity index (χ3n) is 2.43. The lowest BCUT2D eigenvalue weighted by Gasteiger charge is -2.10. The van der Waals surface area contributed by atoms with E-state index in [4.69, 9.17) is 0 Å². The molecule has 0 fully saturated rings. The Morgan fingerprint density at radius 2 is 2.06 bits per heavy atom.